The van der Waals surface area contributed by atoms with Gasteiger partial charge in [-0.2, -0.15) is 0 Å². The molecule has 0 fully saturated rings. The highest BCUT2D eigenvalue weighted by atomic mass is 16.3. The molecule has 2 N–H and O–H groups in total. The summed E-state index contributed by atoms with van der Waals surface area (Å²) in [4.78, 5) is 0. The molecule has 0 radical (unpaired) electrons. The number of fused-ring (bicyclic) bond motifs is 8. The Bertz CT molecular complexity index is 2740. The van der Waals surface area contributed by atoms with Gasteiger partial charge in [0, 0.05) is 27.8 Å². The highest BCUT2D eigenvalue weighted by Crippen LogP contribution is 2.42. The van der Waals surface area contributed by atoms with Crippen LogP contribution in [0, 0.1) is 0 Å². The fourth-order valence-electron chi connectivity index (χ4n) is 7.59. The monoisotopic (exact) mass is 769 g/mol. The second-order valence-electron chi connectivity index (χ2n) is 14.1. The van der Waals surface area contributed by atoms with Gasteiger partial charge in [-0.15, -0.1) is 0 Å². The summed E-state index contributed by atoms with van der Waals surface area (Å²) in [6, 6.07) is 53.9. The maximum Gasteiger partial charge on any atom is 0.143 e. The Kier molecular flexibility index (Phi) is 14.5. The van der Waals surface area contributed by atoms with Crippen molar-refractivity contribution in [3.8, 4) is 11.1 Å². The summed E-state index contributed by atoms with van der Waals surface area (Å²) in [5.74, 6) is 0.0880. The average molecular weight is 770 g/mol. The molecule has 0 bridgehead atoms. The van der Waals surface area contributed by atoms with Gasteiger partial charge in [-0.05, 0) is 112 Å². The van der Waals surface area contributed by atoms with Crippen molar-refractivity contribution in [1.29, 1.82) is 0 Å². The number of benzene rings is 7. The van der Waals surface area contributed by atoms with Crippen molar-refractivity contribution >= 4 is 49.1 Å². The first-order valence-corrected chi connectivity index (χ1v) is 20.7. The normalized spacial score (nSPS) is 12.5. The van der Waals surface area contributed by atoms with Gasteiger partial charge in [-0.3, -0.25) is 0 Å². The molecule has 1 aromatic heterocycles. The number of furan rings is 1. The smallest absolute Gasteiger partial charge is 0.143 e. The van der Waals surface area contributed by atoms with Crippen molar-refractivity contribution in [3.05, 3.63) is 235 Å². The summed E-state index contributed by atoms with van der Waals surface area (Å²) < 4.78 is 6.57. The van der Waals surface area contributed by atoms with Crippen molar-refractivity contribution in [2.24, 2.45) is 5.73 Å². The van der Waals surface area contributed by atoms with Gasteiger partial charge in [0.2, 0.25) is 0 Å². The van der Waals surface area contributed by atoms with E-state index in [-0.39, 0.29) is 5.92 Å². The zero-order chi connectivity index (χ0) is 41.6. The van der Waals surface area contributed by atoms with Gasteiger partial charge >= 0.3 is 0 Å². The largest absolute Gasteiger partial charge is 0.455 e. The standard InChI is InChI=1S/C47H35NO.C4H8.C4H6.C2H6/c48-44(30-42(31-13-3-1-4-14-31)32-15-5-2-6-16-32)37-20-12-19-35(28-37)33-17-11-18-34(27-33)36-25-26-45-43(29-36)46-40-23-9-7-21-38(40)39-22-8-10-24-41(39)47(46)49-45;2*1-3-4-2;1-2/h1-11,13-19,21-30,42H,12,20,48H2;3-4H,1-2H3;3-4H,1-2H2;1-2H3/b44-30-;4-3-;;. The van der Waals surface area contributed by atoms with Crippen LogP contribution >= 0.6 is 0 Å². The zero-order valence-electron chi connectivity index (χ0n) is 34.9. The summed E-state index contributed by atoms with van der Waals surface area (Å²) in [6.45, 7) is 14.7. The van der Waals surface area contributed by atoms with E-state index in [0.29, 0.717) is 0 Å². The van der Waals surface area contributed by atoms with Gasteiger partial charge in [-0.25, -0.2) is 0 Å². The lowest BCUT2D eigenvalue weighted by atomic mass is 9.87. The van der Waals surface area contributed by atoms with E-state index < -0.39 is 0 Å². The maximum atomic E-state index is 6.90. The number of nitrogens with two attached hydrogens (primary N) is 1. The Labute approximate surface area is 350 Å². The highest BCUT2D eigenvalue weighted by Gasteiger charge is 2.18. The fourth-order valence-corrected chi connectivity index (χ4v) is 7.59. The predicted molar refractivity (Wildman–Crippen MR) is 259 cm³/mol. The number of hydrogen-bond donors (Lipinski definition) is 1. The van der Waals surface area contributed by atoms with E-state index in [4.69, 9.17) is 10.2 Å². The van der Waals surface area contributed by atoms with Gasteiger partial charge in [0.1, 0.15) is 11.2 Å². The average Bonchev–Trinajstić information content (AvgIpc) is 3.72. The van der Waals surface area contributed by atoms with Gasteiger partial charge < -0.3 is 10.2 Å². The quantitative estimate of drug-likeness (QED) is 0.0996. The number of rotatable bonds is 7. The topological polar surface area (TPSA) is 39.2 Å². The van der Waals surface area contributed by atoms with Crippen molar-refractivity contribution in [2.45, 2.75) is 46.5 Å². The zero-order valence-corrected chi connectivity index (χ0v) is 34.9. The van der Waals surface area contributed by atoms with Gasteiger partial charge in [-0.1, -0.05) is 191 Å². The van der Waals surface area contributed by atoms with Crippen LogP contribution in [0.2, 0.25) is 0 Å². The molecule has 2 nitrogen and oxygen atoms in total. The SMILES string of the molecule is C/C=C\C.C=CC=C.CC.N/C(=C\C(c1ccccc1)c1ccccc1)C1=CC(c2cccc(-c3ccc4oc5c6ccccc6c6ccccc6c5c4c3)c2)=CCC1. The molecule has 0 atom stereocenters. The molecular formula is C57H55NO. The van der Waals surface area contributed by atoms with Crippen LogP contribution in [0.25, 0.3) is 60.2 Å². The van der Waals surface area contributed by atoms with E-state index in [2.05, 4.69) is 183 Å². The van der Waals surface area contributed by atoms with Crippen LogP contribution in [0.5, 0.6) is 0 Å². The summed E-state index contributed by atoms with van der Waals surface area (Å²) in [5.41, 5.74) is 18.0. The third-order valence-corrected chi connectivity index (χ3v) is 10.5. The molecule has 1 heterocycles. The summed E-state index contributed by atoms with van der Waals surface area (Å²) >= 11 is 0. The number of allylic oxidation sites excluding steroid dienone is 9. The molecule has 9 rings (SSSR count). The third-order valence-electron chi connectivity index (χ3n) is 10.5. The Morgan fingerprint density at radius 1 is 0.593 bits per heavy atom. The summed E-state index contributed by atoms with van der Waals surface area (Å²) in [5, 5.41) is 7.16. The molecule has 8 aromatic rings. The van der Waals surface area contributed by atoms with Gasteiger partial charge in [0.15, 0.2) is 0 Å². The maximum absolute atomic E-state index is 6.90. The molecule has 0 saturated heterocycles. The lowest BCUT2D eigenvalue weighted by molar-refractivity contribution is 0.673. The first kappa shape index (κ1) is 41.7. The van der Waals surface area contributed by atoms with E-state index in [9.17, 15) is 0 Å². The number of hydrogen-bond acceptors (Lipinski definition) is 2. The molecular weight excluding hydrogens is 715 g/mol. The third kappa shape index (κ3) is 9.46. The molecule has 1 aliphatic carbocycles. The minimum atomic E-state index is 0.0880. The van der Waals surface area contributed by atoms with Crippen molar-refractivity contribution in [2.75, 3.05) is 0 Å². The van der Waals surface area contributed by atoms with Crippen LogP contribution in [0.1, 0.15) is 63.1 Å². The van der Waals surface area contributed by atoms with Gasteiger partial charge in [0.25, 0.3) is 0 Å². The second kappa shape index (κ2) is 20.5. The highest BCUT2D eigenvalue weighted by molar-refractivity contribution is 6.30. The molecule has 0 aliphatic heterocycles. The molecule has 59 heavy (non-hydrogen) atoms. The minimum absolute atomic E-state index is 0.0880. The molecule has 7 aromatic carbocycles. The fraction of sp³-hybridized carbons (Fsp3) is 0.123. The molecule has 1 aliphatic rings. The Balaban J connectivity index is 0.000000533. The van der Waals surface area contributed by atoms with Crippen molar-refractivity contribution in [3.63, 3.8) is 0 Å². The Morgan fingerprint density at radius 3 is 1.75 bits per heavy atom. The van der Waals surface area contributed by atoms with Crippen LogP contribution in [0.4, 0.5) is 0 Å². The van der Waals surface area contributed by atoms with E-state index >= 15 is 0 Å². The van der Waals surface area contributed by atoms with Crippen molar-refractivity contribution < 1.29 is 4.42 Å². The molecule has 0 unspecified atom stereocenters. The summed E-state index contributed by atoms with van der Waals surface area (Å²) in [6.07, 6.45) is 16.0. The Hall–Kier alpha value is -6.90. The van der Waals surface area contributed by atoms with Crippen LogP contribution in [-0.2, 0) is 0 Å². The van der Waals surface area contributed by atoms with Crippen LogP contribution < -0.4 is 5.73 Å². The lowest BCUT2D eigenvalue weighted by Crippen LogP contribution is -2.08. The van der Waals surface area contributed by atoms with Crippen LogP contribution in [-0.4, -0.2) is 0 Å². The molecule has 0 spiro atoms. The molecule has 0 saturated carbocycles. The second-order valence-corrected chi connectivity index (χ2v) is 14.1. The van der Waals surface area contributed by atoms with Crippen LogP contribution in [0.15, 0.2) is 223 Å². The minimum Gasteiger partial charge on any atom is -0.455 e. The Morgan fingerprint density at radius 2 is 1.14 bits per heavy atom. The van der Waals surface area contributed by atoms with Gasteiger partial charge in [0.05, 0.1) is 0 Å². The van der Waals surface area contributed by atoms with E-state index in [1.807, 2.05) is 39.8 Å². The molecule has 2 heteroatoms. The van der Waals surface area contributed by atoms with Crippen LogP contribution in [0.3, 0.4) is 0 Å². The van der Waals surface area contributed by atoms with E-state index in [1.165, 1.54) is 60.5 Å². The molecule has 0 amide bonds. The lowest BCUT2D eigenvalue weighted by Gasteiger charge is -2.19. The molecule has 294 valence electrons. The predicted octanol–water partition coefficient (Wildman–Crippen LogP) is 16.3. The summed E-state index contributed by atoms with van der Waals surface area (Å²) in [7, 11) is 0. The first-order chi connectivity index (χ1) is 29.0. The van der Waals surface area contributed by atoms with Crippen molar-refractivity contribution in [1.82, 2.24) is 0 Å². The van der Waals surface area contributed by atoms with E-state index in [0.717, 1.165) is 40.5 Å². The van der Waals surface area contributed by atoms with E-state index in [1.54, 1.807) is 12.2 Å². The first-order valence-electron chi connectivity index (χ1n) is 20.7.